The Balaban J connectivity index is -0.000000125. The van der Waals surface area contributed by atoms with E-state index in [9.17, 15) is 4.57 Å². The van der Waals surface area contributed by atoms with Gasteiger partial charge in [0.15, 0.2) is 0 Å². The predicted octanol–water partition coefficient (Wildman–Crippen LogP) is -0.578. The van der Waals surface area contributed by atoms with E-state index in [0.29, 0.717) is 0 Å². The Morgan fingerprint density at radius 3 is 1.50 bits per heavy atom. The zero-order valence-electron chi connectivity index (χ0n) is 5.46. The van der Waals surface area contributed by atoms with Crippen molar-refractivity contribution in [3.05, 3.63) is 0 Å². The third kappa shape index (κ3) is 15.7. The van der Waals surface area contributed by atoms with Gasteiger partial charge in [0.1, 0.15) is 0 Å². The van der Waals surface area contributed by atoms with E-state index in [4.69, 9.17) is 9.79 Å². The summed E-state index contributed by atoms with van der Waals surface area (Å²) in [6.45, 7) is 1.45. The molecular formula is C2H7Na2O3P. The molecule has 0 aromatic rings. The summed E-state index contributed by atoms with van der Waals surface area (Å²) in [5.41, 5.74) is 0. The Hall–Kier alpha value is 2.15. The minimum absolute atomic E-state index is 0. The largest absolute Gasteiger partial charge is 0.325 e. The first-order valence-corrected chi connectivity index (χ1v) is 3.40. The van der Waals surface area contributed by atoms with Gasteiger partial charge in [-0.25, -0.2) is 0 Å². The van der Waals surface area contributed by atoms with Crippen LogP contribution in [0.4, 0.5) is 0 Å². The molecule has 0 saturated carbocycles. The minimum Gasteiger partial charge on any atom is -0.324 e. The van der Waals surface area contributed by atoms with Crippen molar-refractivity contribution in [3.63, 3.8) is 0 Å². The van der Waals surface area contributed by atoms with Crippen molar-refractivity contribution >= 4 is 66.7 Å². The summed E-state index contributed by atoms with van der Waals surface area (Å²) in [6.07, 6.45) is -0.0625. The molecule has 0 aromatic carbocycles. The second kappa shape index (κ2) is 7.26. The summed E-state index contributed by atoms with van der Waals surface area (Å²) in [7, 11) is -3.65. The molecule has 0 heterocycles. The van der Waals surface area contributed by atoms with Crippen molar-refractivity contribution in [1.29, 1.82) is 0 Å². The zero-order chi connectivity index (χ0) is 5.21. The Kier molecular flexibility index (Phi) is 15.1. The summed E-state index contributed by atoms with van der Waals surface area (Å²) >= 11 is 0. The van der Waals surface area contributed by atoms with E-state index < -0.39 is 7.60 Å². The first-order valence-electron chi connectivity index (χ1n) is 1.61. The Morgan fingerprint density at radius 2 is 1.50 bits per heavy atom. The molecule has 8 heavy (non-hydrogen) atoms. The van der Waals surface area contributed by atoms with Gasteiger partial charge in [-0.15, -0.1) is 0 Å². The van der Waals surface area contributed by atoms with Crippen LogP contribution in [-0.2, 0) is 4.57 Å². The molecule has 0 aliphatic heterocycles. The van der Waals surface area contributed by atoms with Crippen LogP contribution in [0.1, 0.15) is 6.92 Å². The van der Waals surface area contributed by atoms with Crippen molar-refractivity contribution in [1.82, 2.24) is 0 Å². The molecule has 0 aliphatic carbocycles. The van der Waals surface area contributed by atoms with Gasteiger partial charge < -0.3 is 9.79 Å². The molecule has 0 amide bonds. The van der Waals surface area contributed by atoms with Crippen LogP contribution in [0.5, 0.6) is 0 Å². The van der Waals surface area contributed by atoms with Crippen molar-refractivity contribution in [2.24, 2.45) is 0 Å². The van der Waals surface area contributed by atoms with Crippen LogP contribution in [0.3, 0.4) is 0 Å². The molecule has 6 heteroatoms. The van der Waals surface area contributed by atoms with Crippen molar-refractivity contribution in [3.8, 4) is 0 Å². The van der Waals surface area contributed by atoms with Gasteiger partial charge in [-0.2, -0.15) is 0 Å². The molecule has 0 saturated heterocycles. The van der Waals surface area contributed by atoms with Crippen LogP contribution in [0.15, 0.2) is 0 Å². The molecule has 3 nitrogen and oxygen atoms in total. The molecule has 2 radical (unpaired) electrons. The van der Waals surface area contributed by atoms with Crippen LogP contribution in [0, 0.1) is 0 Å². The van der Waals surface area contributed by atoms with E-state index in [-0.39, 0.29) is 65.3 Å². The fraction of sp³-hybridized carbons (Fsp3) is 1.00. The summed E-state index contributed by atoms with van der Waals surface area (Å²) in [5.74, 6) is 0. The maximum atomic E-state index is 9.69. The topological polar surface area (TPSA) is 57.5 Å². The minimum atomic E-state index is -3.65. The number of hydrogen-bond donors (Lipinski definition) is 2. The van der Waals surface area contributed by atoms with E-state index in [1.807, 2.05) is 0 Å². The quantitative estimate of drug-likeness (QED) is 0.394. The van der Waals surface area contributed by atoms with Crippen molar-refractivity contribution < 1.29 is 14.4 Å². The molecule has 40 valence electrons. The number of hydrogen-bond acceptors (Lipinski definition) is 1. The molecule has 0 spiro atoms. The maximum Gasteiger partial charge on any atom is 0.325 e. The van der Waals surface area contributed by atoms with Gasteiger partial charge in [0.05, 0.1) is 0 Å². The second-order valence-electron chi connectivity index (χ2n) is 0.981. The van der Waals surface area contributed by atoms with Crippen LogP contribution in [0.2, 0.25) is 0 Å². The Bertz CT molecular complexity index is 79.4. The number of rotatable bonds is 1. The SMILES string of the molecule is CCP(=O)(O)O.[Na].[Na]. The maximum absolute atomic E-state index is 9.69. The average molecular weight is 156 g/mol. The average Bonchev–Trinajstić information content (AvgIpc) is 1.35. The van der Waals surface area contributed by atoms with Gasteiger partial charge >= 0.3 is 7.60 Å². The normalized spacial score (nSPS) is 8.88. The molecule has 2 N–H and O–H groups in total. The first-order chi connectivity index (χ1) is 2.56. The fourth-order valence-electron chi connectivity index (χ4n) is 0. The van der Waals surface area contributed by atoms with E-state index in [1.165, 1.54) is 6.92 Å². The third-order valence-corrected chi connectivity index (χ3v) is 1.24. The van der Waals surface area contributed by atoms with Gasteiger partial charge in [-0.3, -0.25) is 4.57 Å². The van der Waals surface area contributed by atoms with Crippen molar-refractivity contribution in [2.45, 2.75) is 6.92 Å². The monoisotopic (exact) mass is 156 g/mol. The predicted molar refractivity (Wildman–Crippen MR) is 34.1 cm³/mol. The second-order valence-corrected chi connectivity index (χ2v) is 2.94. The molecular weight excluding hydrogens is 149 g/mol. The molecule has 0 fully saturated rings. The summed E-state index contributed by atoms with van der Waals surface area (Å²) < 4.78 is 9.69. The fourth-order valence-corrected chi connectivity index (χ4v) is 0. The Morgan fingerprint density at radius 1 is 1.38 bits per heavy atom. The van der Waals surface area contributed by atoms with E-state index >= 15 is 0 Å². The molecule has 0 bridgehead atoms. The third-order valence-electron chi connectivity index (χ3n) is 0.412. The van der Waals surface area contributed by atoms with Crippen molar-refractivity contribution in [2.75, 3.05) is 6.16 Å². The Labute approximate surface area is 93.0 Å². The molecule has 0 rings (SSSR count). The molecule has 0 atom stereocenters. The van der Waals surface area contributed by atoms with Gasteiger partial charge in [0, 0.05) is 65.3 Å². The standard InChI is InChI=1S/C2H7O3P.2Na/c1-2-6(3,4)5;;/h2H2,1H3,(H2,3,4,5);;. The van der Waals surface area contributed by atoms with Crippen LogP contribution >= 0.6 is 7.60 Å². The van der Waals surface area contributed by atoms with Gasteiger partial charge in [0.25, 0.3) is 0 Å². The van der Waals surface area contributed by atoms with E-state index in [1.54, 1.807) is 0 Å². The van der Waals surface area contributed by atoms with Crippen LogP contribution in [-0.4, -0.2) is 75.1 Å². The van der Waals surface area contributed by atoms with Crippen LogP contribution in [0.25, 0.3) is 0 Å². The smallest absolute Gasteiger partial charge is 0.324 e. The van der Waals surface area contributed by atoms with Crippen LogP contribution < -0.4 is 0 Å². The van der Waals surface area contributed by atoms with E-state index in [2.05, 4.69) is 0 Å². The van der Waals surface area contributed by atoms with Gasteiger partial charge in [0.2, 0.25) is 0 Å². The van der Waals surface area contributed by atoms with Gasteiger partial charge in [-0.1, -0.05) is 6.92 Å². The van der Waals surface area contributed by atoms with Gasteiger partial charge in [-0.05, 0) is 0 Å². The molecule has 0 aromatic heterocycles. The molecule has 0 unspecified atom stereocenters. The summed E-state index contributed by atoms with van der Waals surface area (Å²) in [5, 5.41) is 0. The molecule has 0 aliphatic rings. The zero-order valence-corrected chi connectivity index (χ0v) is 10.4. The first kappa shape index (κ1) is 16.6. The summed E-state index contributed by atoms with van der Waals surface area (Å²) in [4.78, 5) is 15.9. The van der Waals surface area contributed by atoms with E-state index in [0.717, 1.165) is 0 Å². The summed E-state index contributed by atoms with van der Waals surface area (Å²) in [6, 6.07) is 0.